The summed E-state index contributed by atoms with van der Waals surface area (Å²) in [5.74, 6) is 0. The van der Waals surface area contributed by atoms with E-state index in [0.29, 0.717) is 0 Å². The highest BCUT2D eigenvalue weighted by Gasteiger charge is 2.17. The van der Waals surface area contributed by atoms with Crippen LogP contribution in [-0.2, 0) is 0 Å². The number of anilines is 3. The molecule has 0 radical (unpaired) electrons. The lowest BCUT2D eigenvalue weighted by atomic mass is 9.97. The van der Waals surface area contributed by atoms with Crippen molar-refractivity contribution in [3.63, 3.8) is 0 Å². The average Bonchev–Trinajstić information content (AvgIpc) is 4.08. The molecule has 366 valence electrons. The van der Waals surface area contributed by atoms with Gasteiger partial charge in [-0.25, -0.2) is 0 Å². The summed E-state index contributed by atoms with van der Waals surface area (Å²) >= 11 is 0. The number of benzene rings is 12. The van der Waals surface area contributed by atoms with Gasteiger partial charge in [0.05, 0.1) is 22.1 Å². The lowest BCUT2D eigenvalue weighted by Crippen LogP contribution is -2.09. The van der Waals surface area contributed by atoms with Gasteiger partial charge in [-0.2, -0.15) is 0 Å². The van der Waals surface area contributed by atoms with Crippen LogP contribution in [0.2, 0.25) is 0 Å². The molecule has 77 heavy (non-hydrogen) atoms. The molecule has 0 saturated carbocycles. The van der Waals surface area contributed by atoms with Crippen LogP contribution >= 0.6 is 0 Å². The molecule has 0 saturated heterocycles. The van der Waals surface area contributed by atoms with Gasteiger partial charge < -0.3 is 14.0 Å². The molecule has 3 nitrogen and oxygen atoms in total. The fourth-order valence-electron chi connectivity index (χ4n) is 11.3. The van der Waals surface area contributed by atoms with Crippen LogP contribution in [0.25, 0.3) is 111 Å². The number of aromatic nitrogens is 2. The van der Waals surface area contributed by atoms with Crippen molar-refractivity contribution in [2.24, 2.45) is 0 Å². The maximum Gasteiger partial charge on any atom is 0.0547 e. The SMILES string of the molecule is CC.c1ccc(-c2cccc(-c3ccc(N(c4ccc(-c5cccc(-c6ccc7c8ccccc8n(-c8ccccc8)c7c6)c5)cc4)c4ccc(-c5cccc(-n6c7ccccc7c7ccccc76)c5)cc4)cc3)c2)cc1. The number of hydrogen-bond donors (Lipinski definition) is 0. The molecule has 0 N–H and O–H groups in total. The molecule has 2 heterocycles. The summed E-state index contributed by atoms with van der Waals surface area (Å²) in [6, 6.07) is 108. The van der Waals surface area contributed by atoms with E-state index in [1.54, 1.807) is 0 Å². The molecule has 0 aliphatic rings. The number of para-hydroxylation sites is 4. The van der Waals surface area contributed by atoms with E-state index in [0.717, 1.165) is 39.6 Å². The topological polar surface area (TPSA) is 13.1 Å². The quantitative estimate of drug-likeness (QED) is 0.133. The first kappa shape index (κ1) is 46.8. The van der Waals surface area contributed by atoms with Crippen LogP contribution in [0.4, 0.5) is 17.1 Å². The first-order chi connectivity index (χ1) is 38.2. The maximum atomic E-state index is 2.39. The van der Waals surface area contributed by atoms with Gasteiger partial charge in [-0.3, -0.25) is 0 Å². The van der Waals surface area contributed by atoms with Crippen LogP contribution in [0.15, 0.2) is 297 Å². The molecule has 0 atom stereocenters. The van der Waals surface area contributed by atoms with Crippen LogP contribution < -0.4 is 4.90 Å². The lowest BCUT2D eigenvalue weighted by Gasteiger charge is -2.26. The van der Waals surface area contributed by atoms with Crippen molar-refractivity contribution >= 4 is 60.7 Å². The minimum absolute atomic E-state index is 1.08. The smallest absolute Gasteiger partial charge is 0.0547 e. The zero-order chi connectivity index (χ0) is 51.7. The number of nitrogens with zero attached hydrogens (tertiary/aromatic N) is 3. The maximum absolute atomic E-state index is 2.39. The molecule has 14 rings (SSSR count). The molecule has 14 aromatic rings. The first-order valence-corrected chi connectivity index (χ1v) is 26.7. The summed E-state index contributed by atoms with van der Waals surface area (Å²) in [5, 5.41) is 5.03. The lowest BCUT2D eigenvalue weighted by molar-refractivity contribution is 1.18. The Morgan fingerprint density at radius 1 is 0.208 bits per heavy atom. The molecule has 2 aromatic heterocycles. The Morgan fingerprint density at radius 2 is 0.506 bits per heavy atom. The van der Waals surface area contributed by atoms with Crippen LogP contribution in [0.3, 0.4) is 0 Å². The zero-order valence-electron chi connectivity index (χ0n) is 43.1. The highest BCUT2D eigenvalue weighted by Crippen LogP contribution is 2.41. The van der Waals surface area contributed by atoms with Crippen LogP contribution in [0.5, 0.6) is 0 Å². The molecule has 0 spiro atoms. The Kier molecular flexibility index (Phi) is 12.4. The number of fused-ring (bicyclic) bond motifs is 6. The largest absolute Gasteiger partial charge is 0.311 e. The summed E-state index contributed by atoms with van der Waals surface area (Å²) < 4.78 is 4.77. The highest BCUT2D eigenvalue weighted by atomic mass is 15.1. The summed E-state index contributed by atoms with van der Waals surface area (Å²) in [6.45, 7) is 4.00. The minimum Gasteiger partial charge on any atom is -0.311 e. The summed E-state index contributed by atoms with van der Waals surface area (Å²) in [4.78, 5) is 2.36. The average molecular weight is 986 g/mol. The molecular weight excluding hydrogens is 931 g/mol. The van der Waals surface area contributed by atoms with Gasteiger partial charge in [0.25, 0.3) is 0 Å². The van der Waals surface area contributed by atoms with Crippen molar-refractivity contribution in [2.75, 3.05) is 4.90 Å². The normalized spacial score (nSPS) is 11.2. The second-order valence-corrected chi connectivity index (χ2v) is 19.3. The molecule has 0 fully saturated rings. The minimum atomic E-state index is 1.08. The monoisotopic (exact) mass is 985 g/mol. The van der Waals surface area contributed by atoms with Crippen molar-refractivity contribution in [3.05, 3.63) is 297 Å². The molecule has 0 unspecified atom stereocenters. The van der Waals surface area contributed by atoms with Crippen molar-refractivity contribution in [3.8, 4) is 67.0 Å². The molecular formula is C74H55N3. The molecule has 0 amide bonds. The summed E-state index contributed by atoms with van der Waals surface area (Å²) in [5.41, 5.74) is 22.2. The Bertz CT molecular complexity index is 4320. The van der Waals surface area contributed by atoms with E-state index in [1.807, 2.05) is 13.8 Å². The zero-order valence-corrected chi connectivity index (χ0v) is 43.1. The third-order valence-corrected chi connectivity index (χ3v) is 14.9. The van der Waals surface area contributed by atoms with Gasteiger partial charge in [-0.15, -0.1) is 0 Å². The van der Waals surface area contributed by atoms with Crippen LogP contribution in [0.1, 0.15) is 13.8 Å². The van der Waals surface area contributed by atoms with E-state index in [2.05, 4.69) is 311 Å². The van der Waals surface area contributed by atoms with Crippen molar-refractivity contribution in [1.82, 2.24) is 9.13 Å². The van der Waals surface area contributed by atoms with Gasteiger partial charge in [-0.1, -0.05) is 214 Å². The Hall–Kier alpha value is -9.96. The standard InChI is InChI=1S/C72H49N3.C2H6/c1-3-16-50(17-4-1)54-18-13-19-55(46-54)51-32-39-61(40-33-51)73(63-43-36-53(37-44-63)58-22-15-25-64(48-58)75-70-30-11-7-26-65(70)66-27-8-12-31-71(66)75)62-41-34-52(35-42-62)56-20-14-21-57(47-56)59-38-45-68-67-28-9-10-29-69(67)74(72(68)49-59)60-23-5-2-6-24-60;1-2/h1-49H;1-2H3. The summed E-state index contributed by atoms with van der Waals surface area (Å²) in [7, 11) is 0. The first-order valence-electron chi connectivity index (χ1n) is 26.7. The Morgan fingerprint density at radius 3 is 0.974 bits per heavy atom. The van der Waals surface area contributed by atoms with Gasteiger partial charge in [-0.05, 0) is 153 Å². The molecule has 0 aliphatic heterocycles. The predicted octanol–water partition coefficient (Wildman–Crippen LogP) is 20.7. The second-order valence-electron chi connectivity index (χ2n) is 19.3. The molecule has 3 heteroatoms. The van der Waals surface area contributed by atoms with Gasteiger partial charge in [0.1, 0.15) is 0 Å². The van der Waals surface area contributed by atoms with Crippen molar-refractivity contribution < 1.29 is 0 Å². The van der Waals surface area contributed by atoms with Gasteiger partial charge >= 0.3 is 0 Å². The van der Waals surface area contributed by atoms with E-state index in [4.69, 9.17) is 0 Å². The van der Waals surface area contributed by atoms with Gasteiger partial charge in [0, 0.05) is 50.0 Å². The van der Waals surface area contributed by atoms with E-state index in [-0.39, 0.29) is 0 Å². The Labute approximate surface area is 450 Å². The number of hydrogen-bond acceptors (Lipinski definition) is 1. The second kappa shape index (κ2) is 20.4. The predicted molar refractivity (Wildman–Crippen MR) is 328 cm³/mol. The molecule has 0 bridgehead atoms. The summed E-state index contributed by atoms with van der Waals surface area (Å²) in [6.07, 6.45) is 0. The van der Waals surface area contributed by atoms with Crippen molar-refractivity contribution in [2.45, 2.75) is 13.8 Å². The van der Waals surface area contributed by atoms with Crippen molar-refractivity contribution in [1.29, 1.82) is 0 Å². The number of rotatable bonds is 10. The Balaban J connectivity index is 0.00000280. The third kappa shape index (κ3) is 8.74. The molecule has 12 aromatic carbocycles. The van der Waals surface area contributed by atoms with Crippen LogP contribution in [0, 0.1) is 0 Å². The molecule has 0 aliphatic carbocycles. The van der Waals surface area contributed by atoms with Crippen LogP contribution in [-0.4, -0.2) is 9.13 Å². The van der Waals surface area contributed by atoms with E-state index in [9.17, 15) is 0 Å². The van der Waals surface area contributed by atoms with Gasteiger partial charge in [0.2, 0.25) is 0 Å². The fraction of sp³-hybridized carbons (Fsp3) is 0.0270. The van der Waals surface area contributed by atoms with E-state index >= 15 is 0 Å². The highest BCUT2D eigenvalue weighted by molar-refractivity contribution is 6.11. The third-order valence-electron chi connectivity index (χ3n) is 14.9. The van der Waals surface area contributed by atoms with E-state index < -0.39 is 0 Å². The fourth-order valence-corrected chi connectivity index (χ4v) is 11.3. The van der Waals surface area contributed by atoms with E-state index in [1.165, 1.54) is 88.1 Å². The van der Waals surface area contributed by atoms with Gasteiger partial charge in [0.15, 0.2) is 0 Å².